The largest absolute Gasteiger partial charge is 0.292 e. The molecule has 0 bridgehead atoms. The second-order valence-corrected chi connectivity index (χ2v) is 3.64. The molecule has 0 aromatic carbocycles. The number of halogens is 1. The van der Waals surface area contributed by atoms with Gasteiger partial charge in [0, 0.05) is 11.4 Å². The summed E-state index contributed by atoms with van der Waals surface area (Å²) in [5, 5.41) is 6.57. The molecule has 0 aliphatic carbocycles. The first-order valence-electron chi connectivity index (χ1n) is 4.67. The quantitative estimate of drug-likeness (QED) is 0.791. The molecule has 6 nitrogen and oxygen atoms in total. The number of alkyl halides is 1. The maximum atomic E-state index is 11.1. The number of carbonyl (C=O) groups is 1. The predicted octanol–water partition coefficient (Wildman–Crippen LogP) is 0.918. The number of hydrogen-bond acceptors (Lipinski definition) is 4. The van der Waals surface area contributed by atoms with E-state index < -0.39 is 0 Å². The minimum absolute atomic E-state index is 0.124. The third-order valence-corrected chi connectivity index (χ3v) is 2.23. The molecule has 2 aromatic rings. The summed E-state index contributed by atoms with van der Waals surface area (Å²) in [6.07, 6.45) is 0. The van der Waals surface area contributed by atoms with Crippen LogP contribution in [0.15, 0.2) is 6.07 Å². The number of aryl methyl sites for hydroxylation is 2. The molecule has 0 atom stereocenters. The summed E-state index contributed by atoms with van der Waals surface area (Å²) in [6.45, 7) is 3.77. The van der Waals surface area contributed by atoms with Gasteiger partial charge in [-0.05, 0) is 19.9 Å². The van der Waals surface area contributed by atoms with Crippen LogP contribution in [0.2, 0.25) is 0 Å². The summed E-state index contributed by atoms with van der Waals surface area (Å²) in [6, 6.07) is 1.88. The van der Waals surface area contributed by atoms with E-state index in [0.29, 0.717) is 5.78 Å². The van der Waals surface area contributed by atoms with Crippen LogP contribution < -0.4 is 5.32 Å². The molecule has 0 unspecified atom stereocenters. The van der Waals surface area contributed by atoms with Crippen LogP contribution in [0, 0.1) is 13.8 Å². The topological polar surface area (TPSA) is 72.2 Å². The van der Waals surface area contributed by atoms with Crippen molar-refractivity contribution in [2.45, 2.75) is 13.8 Å². The Morgan fingerprint density at radius 1 is 1.50 bits per heavy atom. The van der Waals surface area contributed by atoms with Crippen LogP contribution >= 0.6 is 11.6 Å². The van der Waals surface area contributed by atoms with E-state index >= 15 is 0 Å². The number of aromatic nitrogens is 4. The maximum Gasteiger partial charge on any atom is 0.254 e. The van der Waals surface area contributed by atoms with Crippen molar-refractivity contribution in [3.05, 3.63) is 17.5 Å². The van der Waals surface area contributed by atoms with Crippen LogP contribution in [-0.4, -0.2) is 31.4 Å². The monoisotopic (exact) mass is 239 g/mol. The molecular formula is C9H10ClN5O. The predicted molar refractivity (Wildman–Crippen MR) is 59.6 cm³/mol. The van der Waals surface area contributed by atoms with Crippen molar-refractivity contribution in [3.63, 3.8) is 0 Å². The van der Waals surface area contributed by atoms with Crippen molar-refractivity contribution in [2.24, 2.45) is 0 Å². The SMILES string of the molecule is Cc1cc(C)n2nc(NC(=O)CCl)nc2n1. The highest BCUT2D eigenvalue weighted by Crippen LogP contribution is 2.07. The zero-order valence-electron chi connectivity index (χ0n) is 8.86. The van der Waals surface area contributed by atoms with Gasteiger partial charge in [0.25, 0.3) is 11.7 Å². The Bertz CT molecular complexity index is 550. The number of fused-ring (bicyclic) bond motifs is 1. The van der Waals surface area contributed by atoms with Crippen molar-refractivity contribution in [1.29, 1.82) is 0 Å². The van der Waals surface area contributed by atoms with Crippen LogP contribution in [0.4, 0.5) is 5.95 Å². The first-order valence-corrected chi connectivity index (χ1v) is 5.20. The lowest BCUT2D eigenvalue weighted by Gasteiger charge is -1.97. The van der Waals surface area contributed by atoms with Gasteiger partial charge in [0.2, 0.25) is 5.91 Å². The standard InChI is InChI=1S/C9H10ClN5O/c1-5-3-6(2)15-9(11-5)13-8(14-15)12-7(16)4-10/h3H,4H2,1-2H3,(H,12,14,16). The van der Waals surface area contributed by atoms with Crippen molar-refractivity contribution >= 4 is 29.2 Å². The van der Waals surface area contributed by atoms with Gasteiger partial charge in [-0.2, -0.15) is 9.50 Å². The number of nitrogens with zero attached hydrogens (tertiary/aromatic N) is 4. The van der Waals surface area contributed by atoms with Gasteiger partial charge >= 0.3 is 0 Å². The van der Waals surface area contributed by atoms with Crippen molar-refractivity contribution < 1.29 is 4.79 Å². The van der Waals surface area contributed by atoms with Gasteiger partial charge in [0.15, 0.2) is 0 Å². The first kappa shape index (κ1) is 10.8. The molecule has 0 aliphatic rings. The van der Waals surface area contributed by atoms with Gasteiger partial charge in [-0.3, -0.25) is 10.1 Å². The van der Waals surface area contributed by atoms with Crippen LogP contribution in [0.25, 0.3) is 5.78 Å². The highest BCUT2D eigenvalue weighted by atomic mass is 35.5. The van der Waals surface area contributed by atoms with Crippen LogP contribution in [0.5, 0.6) is 0 Å². The average molecular weight is 240 g/mol. The summed E-state index contributed by atoms with van der Waals surface area (Å²) in [4.78, 5) is 19.3. The van der Waals surface area contributed by atoms with E-state index in [9.17, 15) is 4.79 Å². The maximum absolute atomic E-state index is 11.1. The molecular weight excluding hydrogens is 230 g/mol. The van der Waals surface area contributed by atoms with E-state index in [1.54, 1.807) is 4.52 Å². The van der Waals surface area contributed by atoms with E-state index in [1.165, 1.54) is 0 Å². The van der Waals surface area contributed by atoms with E-state index in [-0.39, 0.29) is 17.7 Å². The Morgan fingerprint density at radius 2 is 2.25 bits per heavy atom. The van der Waals surface area contributed by atoms with Gasteiger partial charge < -0.3 is 0 Å². The van der Waals surface area contributed by atoms with E-state index in [2.05, 4.69) is 20.4 Å². The molecule has 2 rings (SSSR count). The fourth-order valence-corrected chi connectivity index (χ4v) is 1.44. The fourth-order valence-electron chi connectivity index (χ4n) is 1.38. The normalized spacial score (nSPS) is 10.7. The second kappa shape index (κ2) is 4.05. The number of hydrogen-bond donors (Lipinski definition) is 1. The molecule has 1 amide bonds. The molecule has 0 radical (unpaired) electrons. The molecule has 7 heteroatoms. The Labute approximate surface area is 96.7 Å². The molecule has 2 aromatic heterocycles. The molecule has 0 saturated heterocycles. The first-order chi connectivity index (χ1) is 7.60. The number of rotatable bonds is 2. The van der Waals surface area contributed by atoms with Crippen molar-refractivity contribution in [2.75, 3.05) is 11.2 Å². The van der Waals surface area contributed by atoms with Crippen LogP contribution in [0.3, 0.4) is 0 Å². The molecule has 16 heavy (non-hydrogen) atoms. The Morgan fingerprint density at radius 3 is 2.94 bits per heavy atom. The molecule has 0 spiro atoms. The fraction of sp³-hybridized carbons (Fsp3) is 0.333. The van der Waals surface area contributed by atoms with E-state index in [4.69, 9.17) is 11.6 Å². The number of carbonyl (C=O) groups excluding carboxylic acids is 1. The van der Waals surface area contributed by atoms with Crippen molar-refractivity contribution in [3.8, 4) is 0 Å². The summed E-state index contributed by atoms with van der Waals surface area (Å²) >= 11 is 5.37. The van der Waals surface area contributed by atoms with Gasteiger partial charge in [-0.15, -0.1) is 16.7 Å². The lowest BCUT2D eigenvalue weighted by Crippen LogP contribution is -2.13. The lowest BCUT2D eigenvalue weighted by molar-refractivity contribution is -0.114. The Hall–Kier alpha value is -1.69. The number of anilines is 1. The average Bonchev–Trinajstić information content (AvgIpc) is 2.60. The van der Waals surface area contributed by atoms with Gasteiger partial charge in [0.1, 0.15) is 5.88 Å². The van der Waals surface area contributed by atoms with Crippen molar-refractivity contribution in [1.82, 2.24) is 19.6 Å². The molecule has 0 fully saturated rings. The molecule has 2 heterocycles. The summed E-state index contributed by atoms with van der Waals surface area (Å²) in [7, 11) is 0. The molecule has 0 saturated carbocycles. The zero-order valence-corrected chi connectivity index (χ0v) is 9.62. The lowest BCUT2D eigenvalue weighted by atomic mass is 10.4. The highest BCUT2D eigenvalue weighted by molar-refractivity contribution is 6.28. The molecule has 0 aliphatic heterocycles. The third kappa shape index (κ3) is 1.96. The minimum atomic E-state index is -0.341. The summed E-state index contributed by atoms with van der Waals surface area (Å²) in [5.74, 6) is 0.210. The zero-order chi connectivity index (χ0) is 11.7. The smallest absolute Gasteiger partial charge is 0.254 e. The molecule has 1 N–H and O–H groups in total. The van der Waals surface area contributed by atoms with Gasteiger partial charge in [-0.25, -0.2) is 4.98 Å². The highest BCUT2D eigenvalue weighted by Gasteiger charge is 2.09. The third-order valence-electron chi connectivity index (χ3n) is 1.99. The Balaban J connectivity index is 2.44. The summed E-state index contributed by atoms with van der Waals surface area (Å²) in [5.41, 5.74) is 1.76. The number of amides is 1. The number of nitrogens with one attached hydrogen (secondary N) is 1. The van der Waals surface area contributed by atoms with E-state index in [0.717, 1.165) is 11.4 Å². The minimum Gasteiger partial charge on any atom is -0.292 e. The molecule has 84 valence electrons. The van der Waals surface area contributed by atoms with Crippen LogP contribution in [-0.2, 0) is 4.79 Å². The van der Waals surface area contributed by atoms with E-state index in [1.807, 2.05) is 19.9 Å². The van der Waals surface area contributed by atoms with Crippen LogP contribution in [0.1, 0.15) is 11.4 Å². The Kier molecular flexibility index (Phi) is 2.74. The summed E-state index contributed by atoms with van der Waals surface area (Å²) < 4.78 is 1.57. The van der Waals surface area contributed by atoms with Gasteiger partial charge in [0.05, 0.1) is 0 Å². The second-order valence-electron chi connectivity index (χ2n) is 3.37. The van der Waals surface area contributed by atoms with Gasteiger partial charge in [-0.1, -0.05) is 0 Å².